The number of fused-ring (bicyclic) bond motifs is 3. The van der Waals surface area contributed by atoms with Crippen molar-refractivity contribution in [3.8, 4) is 0 Å². The van der Waals surface area contributed by atoms with Crippen molar-refractivity contribution in [3.05, 3.63) is 34.6 Å². The van der Waals surface area contributed by atoms with E-state index in [-0.39, 0.29) is 17.6 Å². The van der Waals surface area contributed by atoms with Crippen molar-refractivity contribution in [1.82, 2.24) is 14.5 Å². The summed E-state index contributed by atoms with van der Waals surface area (Å²) in [4.78, 5) is 23.7. The van der Waals surface area contributed by atoms with Gasteiger partial charge in [0.1, 0.15) is 0 Å². The lowest BCUT2D eigenvalue weighted by atomic mass is 9.89. The SMILES string of the molecule is N[C@@H]1CCN(c2nc3ccccc3n([C@H]3CC4CC[C@@H](C3)N4C3CCCCCCC3)c2=O)C1. The molecule has 4 fully saturated rings. The van der Waals surface area contributed by atoms with Crippen LogP contribution in [0.2, 0.25) is 0 Å². The number of hydrogen-bond donors (Lipinski definition) is 1. The Balaban J connectivity index is 1.33. The van der Waals surface area contributed by atoms with Gasteiger partial charge in [-0.3, -0.25) is 9.69 Å². The van der Waals surface area contributed by atoms with Gasteiger partial charge in [0.05, 0.1) is 11.0 Å². The smallest absolute Gasteiger partial charge is 0.294 e. The Kier molecular flexibility index (Phi) is 5.91. The maximum Gasteiger partial charge on any atom is 0.294 e. The van der Waals surface area contributed by atoms with Crippen LogP contribution in [0.1, 0.15) is 83.1 Å². The van der Waals surface area contributed by atoms with Crippen molar-refractivity contribution in [2.45, 2.75) is 107 Å². The Hall–Kier alpha value is -1.92. The molecule has 0 radical (unpaired) electrons. The minimum Gasteiger partial charge on any atom is -0.350 e. The monoisotopic (exact) mass is 449 g/mol. The second-order valence-electron chi connectivity index (χ2n) is 11.1. The zero-order valence-electron chi connectivity index (χ0n) is 19.9. The van der Waals surface area contributed by atoms with Crippen molar-refractivity contribution in [3.63, 3.8) is 0 Å². The van der Waals surface area contributed by atoms with Crippen LogP contribution in [-0.2, 0) is 0 Å². The molecule has 33 heavy (non-hydrogen) atoms. The van der Waals surface area contributed by atoms with Crippen molar-refractivity contribution in [2.75, 3.05) is 18.0 Å². The maximum atomic E-state index is 13.9. The molecular formula is C27H39N5O. The molecule has 3 saturated heterocycles. The fraction of sp³-hybridized carbons (Fsp3) is 0.704. The average molecular weight is 450 g/mol. The highest BCUT2D eigenvalue weighted by molar-refractivity contribution is 5.76. The number of benzene rings is 1. The Bertz CT molecular complexity index is 1030. The minimum absolute atomic E-state index is 0.0894. The van der Waals surface area contributed by atoms with Crippen molar-refractivity contribution in [1.29, 1.82) is 0 Å². The molecule has 4 aliphatic rings. The number of hydrogen-bond acceptors (Lipinski definition) is 5. The number of rotatable bonds is 3. The molecule has 6 rings (SSSR count). The first-order valence-corrected chi connectivity index (χ1v) is 13.5. The fourth-order valence-corrected chi connectivity index (χ4v) is 7.41. The number of para-hydroxylation sites is 2. The molecule has 1 unspecified atom stereocenters. The first kappa shape index (κ1) is 21.6. The van der Waals surface area contributed by atoms with E-state index in [4.69, 9.17) is 10.7 Å². The third-order valence-corrected chi connectivity index (χ3v) is 8.93. The van der Waals surface area contributed by atoms with Crippen LogP contribution >= 0.6 is 0 Å². The Morgan fingerprint density at radius 1 is 0.818 bits per heavy atom. The van der Waals surface area contributed by atoms with Crippen molar-refractivity contribution in [2.24, 2.45) is 5.73 Å². The molecule has 0 amide bonds. The van der Waals surface area contributed by atoms with E-state index >= 15 is 0 Å². The summed E-state index contributed by atoms with van der Waals surface area (Å²) in [6, 6.07) is 10.6. The number of nitrogens with zero attached hydrogens (tertiary/aromatic N) is 4. The molecule has 4 atom stereocenters. The number of piperidine rings is 1. The van der Waals surface area contributed by atoms with Gasteiger partial charge in [0.15, 0.2) is 5.82 Å². The quantitative estimate of drug-likeness (QED) is 0.760. The van der Waals surface area contributed by atoms with E-state index in [1.54, 1.807) is 0 Å². The van der Waals surface area contributed by atoms with Gasteiger partial charge in [-0.25, -0.2) is 4.98 Å². The van der Waals surface area contributed by atoms with Gasteiger partial charge in [0.2, 0.25) is 0 Å². The van der Waals surface area contributed by atoms with Crippen LogP contribution < -0.4 is 16.2 Å². The second kappa shape index (κ2) is 9.03. The summed E-state index contributed by atoms with van der Waals surface area (Å²) in [5.41, 5.74) is 8.19. The summed E-state index contributed by atoms with van der Waals surface area (Å²) in [5.74, 6) is 0.608. The summed E-state index contributed by atoms with van der Waals surface area (Å²) in [5, 5.41) is 0. The van der Waals surface area contributed by atoms with Crippen molar-refractivity contribution >= 4 is 16.9 Å². The molecule has 0 spiro atoms. The summed E-state index contributed by atoms with van der Waals surface area (Å²) in [7, 11) is 0. The van der Waals surface area contributed by atoms with Gasteiger partial charge in [0, 0.05) is 43.3 Å². The predicted molar refractivity (Wildman–Crippen MR) is 134 cm³/mol. The zero-order chi connectivity index (χ0) is 22.4. The van der Waals surface area contributed by atoms with Crippen LogP contribution in [0.5, 0.6) is 0 Å². The lowest BCUT2D eigenvalue weighted by molar-refractivity contribution is 0.0498. The second-order valence-corrected chi connectivity index (χ2v) is 11.1. The molecule has 1 aromatic heterocycles. The van der Waals surface area contributed by atoms with Gasteiger partial charge < -0.3 is 15.2 Å². The van der Waals surface area contributed by atoms with Crippen LogP contribution in [0, 0.1) is 0 Å². The third kappa shape index (κ3) is 3.99. The number of aromatic nitrogens is 2. The molecule has 1 aliphatic carbocycles. The molecule has 178 valence electrons. The molecule has 1 saturated carbocycles. The Morgan fingerprint density at radius 2 is 1.52 bits per heavy atom. The van der Waals surface area contributed by atoms with E-state index < -0.39 is 0 Å². The predicted octanol–water partition coefficient (Wildman–Crippen LogP) is 4.21. The van der Waals surface area contributed by atoms with Crippen LogP contribution in [0.25, 0.3) is 11.0 Å². The van der Waals surface area contributed by atoms with Gasteiger partial charge in [-0.2, -0.15) is 0 Å². The van der Waals surface area contributed by atoms with Crippen LogP contribution in [0.3, 0.4) is 0 Å². The molecule has 2 N–H and O–H groups in total. The van der Waals surface area contributed by atoms with Gasteiger partial charge in [-0.05, 0) is 57.1 Å². The molecule has 6 heteroatoms. The van der Waals surface area contributed by atoms with Crippen LogP contribution in [-0.4, -0.2) is 51.7 Å². The topological polar surface area (TPSA) is 67.4 Å². The van der Waals surface area contributed by atoms with Gasteiger partial charge in [-0.15, -0.1) is 0 Å². The first-order chi connectivity index (χ1) is 16.2. The lowest BCUT2D eigenvalue weighted by Crippen LogP contribution is -2.50. The third-order valence-electron chi connectivity index (χ3n) is 8.93. The minimum atomic E-state index is 0.0894. The molecule has 6 nitrogen and oxygen atoms in total. The van der Waals surface area contributed by atoms with Gasteiger partial charge in [-0.1, -0.05) is 44.2 Å². The lowest BCUT2D eigenvalue weighted by Gasteiger charge is -2.45. The number of nitrogens with two attached hydrogens (primary N) is 1. The molecule has 2 aromatic rings. The van der Waals surface area contributed by atoms with Gasteiger partial charge >= 0.3 is 0 Å². The highest BCUT2D eigenvalue weighted by Gasteiger charge is 2.44. The highest BCUT2D eigenvalue weighted by Crippen LogP contribution is 2.44. The van der Waals surface area contributed by atoms with E-state index in [1.165, 1.54) is 57.8 Å². The Labute approximate surface area is 197 Å². The molecule has 2 bridgehead atoms. The van der Waals surface area contributed by atoms with E-state index in [2.05, 4.69) is 26.5 Å². The average Bonchev–Trinajstić information content (AvgIpc) is 3.33. The van der Waals surface area contributed by atoms with E-state index in [1.807, 2.05) is 12.1 Å². The fourth-order valence-electron chi connectivity index (χ4n) is 7.41. The molecule has 1 aromatic carbocycles. The maximum absolute atomic E-state index is 13.9. The van der Waals surface area contributed by atoms with E-state index in [0.717, 1.165) is 49.4 Å². The first-order valence-electron chi connectivity index (χ1n) is 13.5. The summed E-state index contributed by atoms with van der Waals surface area (Å²) < 4.78 is 2.13. The van der Waals surface area contributed by atoms with Crippen LogP contribution in [0.4, 0.5) is 5.82 Å². The largest absolute Gasteiger partial charge is 0.350 e. The summed E-state index contributed by atoms with van der Waals surface area (Å²) in [6.45, 7) is 1.55. The Morgan fingerprint density at radius 3 is 2.21 bits per heavy atom. The molecule has 3 aliphatic heterocycles. The van der Waals surface area contributed by atoms with Crippen LogP contribution in [0.15, 0.2) is 29.1 Å². The summed E-state index contributed by atoms with van der Waals surface area (Å²) in [6.07, 6.45) is 15.5. The van der Waals surface area contributed by atoms with E-state index in [0.29, 0.717) is 17.9 Å². The molecular weight excluding hydrogens is 410 g/mol. The highest BCUT2D eigenvalue weighted by atomic mass is 16.1. The van der Waals surface area contributed by atoms with Crippen molar-refractivity contribution < 1.29 is 0 Å². The number of anilines is 1. The normalized spacial score (nSPS) is 31.7. The zero-order valence-corrected chi connectivity index (χ0v) is 19.9. The molecule has 4 heterocycles. The van der Waals surface area contributed by atoms with E-state index in [9.17, 15) is 4.79 Å². The van der Waals surface area contributed by atoms with Gasteiger partial charge in [0.25, 0.3) is 5.56 Å². The standard InChI is InChI=1S/C27H39N5O/c28-19-14-15-30(18-19)26-27(33)32(25-11-7-6-10-24(25)29-26)23-16-21-12-13-22(17-23)31(21)20-8-4-2-1-3-5-9-20/h6-7,10-11,19-23H,1-5,8-9,12-18,28H2/t19-,21+,22?,23-/m1/s1. The summed E-state index contributed by atoms with van der Waals surface area (Å²) >= 11 is 0.